The summed E-state index contributed by atoms with van der Waals surface area (Å²) < 4.78 is 0. The highest BCUT2D eigenvalue weighted by molar-refractivity contribution is 5.83. The van der Waals surface area contributed by atoms with Gasteiger partial charge in [0.25, 0.3) is 0 Å². The largest absolute Gasteiger partial charge is 0.392 e. The molecule has 3 saturated heterocycles. The van der Waals surface area contributed by atoms with E-state index in [-0.39, 0.29) is 12.6 Å². The first-order valence-corrected chi connectivity index (χ1v) is 8.74. The molecule has 1 aromatic heterocycles. The minimum Gasteiger partial charge on any atom is -0.392 e. The van der Waals surface area contributed by atoms with Crippen molar-refractivity contribution in [2.24, 2.45) is 11.8 Å². The van der Waals surface area contributed by atoms with E-state index in [0.29, 0.717) is 11.8 Å². The molecule has 5 rings (SSSR count). The molecule has 1 aromatic carbocycles. The SMILES string of the molecule is C=C[C@H]1CN2CCC1C[C@H]2C(O)c1ccnc2ccc(CO)cc12. The maximum atomic E-state index is 11.1. The number of rotatable bonds is 4. The summed E-state index contributed by atoms with van der Waals surface area (Å²) in [7, 11) is 0. The third-order valence-corrected chi connectivity index (χ3v) is 5.86. The van der Waals surface area contributed by atoms with E-state index in [1.54, 1.807) is 6.20 Å². The van der Waals surface area contributed by atoms with Gasteiger partial charge in [0.2, 0.25) is 0 Å². The molecule has 2 bridgehead atoms. The maximum Gasteiger partial charge on any atom is 0.0952 e. The lowest BCUT2D eigenvalue weighted by atomic mass is 9.73. The lowest BCUT2D eigenvalue weighted by molar-refractivity contribution is -0.0444. The van der Waals surface area contributed by atoms with Crippen LogP contribution in [-0.2, 0) is 6.61 Å². The van der Waals surface area contributed by atoms with Gasteiger partial charge in [-0.05, 0) is 60.5 Å². The van der Waals surface area contributed by atoms with Crippen LogP contribution in [0.3, 0.4) is 0 Å². The number of pyridine rings is 1. The van der Waals surface area contributed by atoms with E-state index in [1.165, 1.54) is 6.42 Å². The van der Waals surface area contributed by atoms with Gasteiger partial charge >= 0.3 is 0 Å². The standard InChI is InChI=1S/C20H24N2O2/c1-2-14-11-22-8-6-15(14)10-19(22)20(24)16-5-7-21-18-4-3-13(12-23)9-17(16)18/h2-5,7,9,14-15,19-20,23-24H,1,6,8,10-12H2/t14-,15?,19-,20?/m0/s1. The first kappa shape index (κ1) is 15.8. The average Bonchev–Trinajstić information content (AvgIpc) is 2.66. The Morgan fingerprint density at radius 1 is 1.38 bits per heavy atom. The van der Waals surface area contributed by atoms with E-state index >= 15 is 0 Å². The maximum absolute atomic E-state index is 11.1. The molecule has 4 nitrogen and oxygen atoms in total. The highest BCUT2D eigenvalue weighted by atomic mass is 16.3. The second kappa shape index (κ2) is 6.28. The molecule has 0 aliphatic carbocycles. The van der Waals surface area contributed by atoms with E-state index in [2.05, 4.69) is 22.5 Å². The van der Waals surface area contributed by atoms with E-state index in [1.807, 2.05) is 24.3 Å². The Morgan fingerprint density at radius 2 is 2.25 bits per heavy atom. The van der Waals surface area contributed by atoms with Gasteiger partial charge in [-0.3, -0.25) is 9.88 Å². The van der Waals surface area contributed by atoms with Crippen molar-refractivity contribution < 1.29 is 10.2 Å². The number of aliphatic hydroxyl groups is 2. The molecule has 126 valence electrons. The van der Waals surface area contributed by atoms with Crippen LogP contribution in [0.25, 0.3) is 10.9 Å². The number of piperidine rings is 3. The van der Waals surface area contributed by atoms with Crippen molar-refractivity contribution in [2.45, 2.75) is 31.6 Å². The monoisotopic (exact) mass is 324 g/mol. The smallest absolute Gasteiger partial charge is 0.0952 e. The lowest BCUT2D eigenvalue weighted by Gasteiger charge is -2.50. The summed E-state index contributed by atoms with van der Waals surface area (Å²) in [6, 6.07) is 7.82. The molecule has 3 fully saturated rings. The van der Waals surface area contributed by atoms with Crippen LogP contribution in [0.5, 0.6) is 0 Å². The fourth-order valence-corrected chi connectivity index (χ4v) is 4.48. The zero-order valence-electron chi connectivity index (χ0n) is 13.8. The quantitative estimate of drug-likeness (QED) is 0.849. The topological polar surface area (TPSA) is 56.6 Å². The van der Waals surface area contributed by atoms with Crippen molar-refractivity contribution in [3.63, 3.8) is 0 Å². The van der Waals surface area contributed by atoms with Crippen LogP contribution in [0.15, 0.2) is 43.1 Å². The number of fused-ring (bicyclic) bond motifs is 4. The predicted octanol–water partition coefficient (Wildman–Crippen LogP) is 2.66. The van der Waals surface area contributed by atoms with Crippen LogP contribution < -0.4 is 0 Å². The van der Waals surface area contributed by atoms with E-state index in [0.717, 1.165) is 41.5 Å². The third kappa shape index (κ3) is 2.55. The van der Waals surface area contributed by atoms with Crippen molar-refractivity contribution in [1.82, 2.24) is 9.88 Å². The fourth-order valence-electron chi connectivity index (χ4n) is 4.48. The molecule has 0 radical (unpaired) electrons. The van der Waals surface area contributed by atoms with Crippen molar-refractivity contribution >= 4 is 10.9 Å². The Hall–Kier alpha value is -1.75. The second-order valence-corrected chi connectivity index (χ2v) is 7.10. The molecule has 0 amide bonds. The van der Waals surface area contributed by atoms with Crippen LogP contribution in [0.2, 0.25) is 0 Å². The Balaban J connectivity index is 1.69. The Morgan fingerprint density at radius 3 is 2.96 bits per heavy atom. The van der Waals surface area contributed by atoms with Gasteiger partial charge in [0.15, 0.2) is 0 Å². The summed E-state index contributed by atoms with van der Waals surface area (Å²) >= 11 is 0. The van der Waals surface area contributed by atoms with Gasteiger partial charge in [0.05, 0.1) is 18.2 Å². The van der Waals surface area contributed by atoms with Crippen LogP contribution in [0.1, 0.15) is 30.1 Å². The minimum absolute atomic E-state index is 0.000980. The normalized spacial score (nSPS) is 30.4. The summed E-state index contributed by atoms with van der Waals surface area (Å²) in [6.07, 6.45) is 5.53. The summed E-state index contributed by atoms with van der Waals surface area (Å²) in [5.41, 5.74) is 2.63. The Labute approximate surface area is 142 Å². The molecular weight excluding hydrogens is 300 g/mol. The molecule has 0 spiro atoms. The van der Waals surface area contributed by atoms with E-state index in [4.69, 9.17) is 0 Å². The van der Waals surface area contributed by atoms with E-state index in [9.17, 15) is 10.2 Å². The van der Waals surface area contributed by atoms with Crippen LogP contribution in [0, 0.1) is 11.8 Å². The van der Waals surface area contributed by atoms with Gasteiger partial charge in [-0.25, -0.2) is 0 Å². The van der Waals surface area contributed by atoms with Gasteiger partial charge in [-0.15, -0.1) is 6.58 Å². The van der Waals surface area contributed by atoms with Gasteiger partial charge in [0, 0.05) is 24.2 Å². The number of aromatic nitrogens is 1. The van der Waals surface area contributed by atoms with Gasteiger partial charge in [-0.2, -0.15) is 0 Å². The summed E-state index contributed by atoms with van der Waals surface area (Å²) in [6.45, 7) is 6.03. The first-order valence-electron chi connectivity index (χ1n) is 8.74. The Kier molecular flexibility index (Phi) is 4.12. The number of aliphatic hydroxyl groups excluding tert-OH is 2. The lowest BCUT2D eigenvalue weighted by Crippen LogP contribution is -2.54. The molecule has 24 heavy (non-hydrogen) atoms. The molecule has 3 aliphatic heterocycles. The highest BCUT2D eigenvalue weighted by Gasteiger charge is 2.42. The Bertz CT molecular complexity index is 760. The van der Waals surface area contributed by atoms with Crippen molar-refractivity contribution in [3.8, 4) is 0 Å². The highest BCUT2D eigenvalue weighted by Crippen LogP contribution is 2.42. The van der Waals surface area contributed by atoms with Crippen LogP contribution in [0.4, 0.5) is 0 Å². The van der Waals surface area contributed by atoms with E-state index < -0.39 is 6.10 Å². The zero-order chi connectivity index (χ0) is 16.7. The van der Waals surface area contributed by atoms with Gasteiger partial charge in [-0.1, -0.05) is 12.1 Å². The molecule has 5 atom stereocenters. The second-order valence-electron chi connectivity index (χ2n) is 7.10. The molecule has 2 N–H and O–H groups in total. The molecular formula is C20H24N2O2. The van der Waals surface area contributed by atoms with Crippen molar-refractivity contribution in [3.05, 3.63) is 54.2 Å². The van der Waals surface area contributed by atoms with Gasteiger partial charge in [0.1, 0.15) is 0 Å². The number of hydrogen-bond acceptors (Lipinski definition) is 4. The predicted molar refractivity (Wildman–Crippen MR) is 94.4 cm³/mol. The van der Waals surface area contributed by atoms with Crippen molar-refractivity contribution in [2.75, 3.05) is 13.1 Å². The van der Waals surface area contributed by atoms with Crippen LogP contribution >= 0.6 is 0 Å². The molecule has 4 heteroatoms. The van der Waals surface area contributed by atoms with Gasteiger partial charge < -0.3 is 10.2 Å². The fraction of sp³-hybridized carbons (Fsp3) is 0.450. The minimum atomic E-state index is -0.530. The molecule has 3 aliphatic rings. The third-order valence-electron chi connectivity index (χ3n) is 5.86. The summed E-state index contributed by atoms with van der Waals surface area (Å²) in [4.78, 5) is 6.81. The van der Waals surface area contributed by atoms with Crippen LogP contribution in [-0.4, -0.2) is 39.2 Å². The zero-order valence-corrected chi connectivity index (χ0v) is 13.8. The molecule has 3 unspecified atom stereocenters. The van der Waals surface area contributed by atoms with Crippen molar-refractivity contribution in [1.29, 1.82) is 0 Å². The number of hydrogen-bond donors (Lipinski definition) is 2. The average molecular weight is 324 g/mol. The molecule has 0 saturated carbocycles. The summed E-state index contributed by atoms with van der Waals surface area (Å²) in [5, 5.41) is 21.5. The molecule has 4 heterocycles. The first-order chi connectivity index (χ1) is 11.7. The molecule has 2 aromatic rings. The summed E-state index contributed by atoms with van der Waals surface area (Å²) in [5.74, 6) is 1.19. The number of nitrogens with zero attached hydrogens (tertiary/aromatic N) is 2. The number of benzene rings is 1.